The summed E-state index contributed by atoms with van der Waals surface area (Å²) in [6.45, 7) is 9.08. The van der Waals surface area contributed by atoms with Crippen LogP contribution in [0.2, 0.25) is 0 Å². The molecule has 36 heavy (non-hydrogen) atoms. The molecule has 3 saturated heterocycles. The number of piperidine rings is 1. The van der Waals surface area contributed by atoms with E-state index in [1.807, 2.05) is 12.1 Å². The van der Waals surface area contributed by atoms with Crippen LogP contribution in [0, 0.1) is 5.92 Å². The lowest BCUT2D eigenvalue weighted by Crippen LogP contribution is -2.50. The molecule has 3 heterocycles. The van der Waals surface area contributed by atoms with E-state index in [9.17, 15) is 4.79 Å². The third kappa shape index (κ3) is 5.61. The summed E-state index contributed by atoms with van der Waals surface area (Å²) in [6, 6.07) is 9.81. The Kier molecular flexibility index (Phi) is 8.25. The summed E-state index contributed by atoms with van der Waals surface area (Å²) < 4.78 is 5.63. The van der Waals surface area contributed by atoms with Crippen molar-refractivity contribution in [2.75, 3.05) is 39.8 Å². The number of carbonyl (C=O) groups is 1. The van der Waals surface area contributed by atoms with Crippen LogP contribution in [0.25, 0.3) is 0 Å². The number of carbonyl (C=O) groups excluding carboxylic acids is 1. The number of methoxy groups -OCH3 is 1. The van der Waals surface area contributed by atoms with E-state index in [1.54, 1.807) is 7.11 Å². The zero-order valence-corrected chi connectivity index (χ0v) is 21.8. The second-order valence-corrected chi connectivity index (χ2v) is 10.8. The number of ether oxygens (including phenoxy) is 1. The van der Waals surface area contributed by atoms with E-state index in [4.69, 9.17) is 4.74 Å². The van der Waals surface area contributed by atoms with Crippen molar-refractivity contribution in [3.63, 3.8) is 0 Å². The maximum Gasteiger partial charge on any atom is 0.241 e. The standard InChI is InChI=1S/C30H42N4O2/c1-3-17-32-20-16-26-9-7-10-27(22-32)34(26)29(25-8-6-11-28(21-25)36-2)23-12-14-24(15-13-23)30(35)31-33-18-4-5-19-33/h3,6,8,11-14,21,24,26-27,29H,1,4-5,7,9-10,15-20,22H2,2H3,(H,31,35). The molecule has 0 saturated carbocycles. The maximum atomic E-state index is 12.9. The van der Waals surface area contributed by atoms with E-state index in [2.05, 4.69) is 63.2 Å². The molecule has 0 aromatic heterocycles. The molecule has 3 fully saturated rings. The molecule has 1 aromatic carbocycles. The first kappa shape index (κ1) is 25.2. The van der Waals surface area contributed by atoms with Crippen molar-refractivity contribution in [2.45, 2.75) is 63.1 Å². The molecule has 0 spiro atoms. The Labute approximate surface area is 216 Å². The first-order chi connectivity index (χ1) is 17.7. The highest BCUT2D eigenvalue weighted by Gasteiger charge is 2.40. The Balaban J connectivity index is 1.42. The Morgan fingerprint density at radius 2 is 2.00 bits per heavy atom. The number of hydrogen-bond acceptors (Lipinski definition) is 5. The lowest BCUT2D eigenvalue weighted by molar-refractivity contribution is -0.128. The van der Waals surface area contributed by atoms with Crippen LogP contribution >= 0.6 is 0 Å². The molecule has 4 atom stereocenters. The Morgan fingerprint density at radius 3 is 2.75 bits per heavy atom. The molecule has 1 amide bonds. The molecule has 2 bridgehead atoms. The summed E-state index contributed by atoms with van der Waals surface area (Å²) in [7, 11) is 1.74. The third-order valence-electron chi connectivity index (χ3n) is 8.42. The second-order valence-electron chi connectivity index (χ2n) is 10.8. The molecule has 1 N–H and O–H groups in total. The average Bonchev–Trinajstić information content (AvgIpc) is 3.39. The Morgan fingerprint density at radius 1 is 1.17 bits per heavy atom. The normalized spacial score (nSPS) is 28.2. The number of nitrogens with one attached hydrogen (secondary N) is 1. The summed E-state index contributed by atoms with van der Waals surface area (Å²) in [5, 5.41) is 2.07. The fraction of sp³-hybridized carbons (Fsp3) is 0.567. The number of allylic oxidation sites excluding steroid dienone is 1. The molecule has 4 unspecified atom stereocenters. The van der Waals surface area contributed by atoms with Crippen molar-refractivity contribution in [1.29, 1.82) is 0 Å². The topological polar surface area (TPSA) is 48.0 Å². The minimum atomic E-state index is -0.105. The Hall–Kier alpha value is -2.41. The Bertz CT molecular complexity index is 983. The fourth-order valence-electron chi connectivity index (χ4n) is 6.61. The highest BCUT2D eigenvalue weighted by atomic mass is 16.5. The quantitative estimate of drug-likeness (QED) is 0.545. The monoisotopic (exact) mass is 490 g/mol. The van der Waals surface area contributed by atoms with Crippen LogP contribution in [0.15, 0.2) is 60.7 Å². The lowest BCUT2D eigenvalue weighted by Gasteiger charge is -2.46. The first-order valence-electron chi connectivity index (χ1n) is 13.8. The van der Waals surface area contributed by atoms with Gasteiger partial charge in [0, 0.05) is 44.8 Å². The average molecular weight is 491 g/mol. The van der Waals surface area contributed by atoms with Crippen LogP contribution in [0.1, 0.15) is 56.6 Å². The number of benzene rings is 1. The molecule has 5 rings (SSSR count). The van der Waals surface area contributed by atoms with Gasteiger partial charge in [-0.25, -0.2) is 5.01 Å². The number of amides is 1. The van der Waals surface area contributed by atoms with Crippen LogP contribution in [-0.4, -0.2) is 72.6 Å². The van der Waals surface area contributed by atoms with Gasteiger partial charge in [-0.15, -0.1) is 6.58 Å². The summed E-state index contributed by atoms with van der Waals surface area (Å²) in [4.78, 5) is 18.3. The summed E-state index contributed by atoms with van der Waals surface area (Å²) in [6.07, 6.45) is 16.7. The minimum Gasteiger partial charge on any atom is -0.497 e. The largest absolute Gasteiger partial charge is 0.497 e. The van der Waals surface area contributed by atoms with Crippen molar-refractivity contribution in [3.8, 4) is 5.75 Å². The fourth-order valence-corrected chi connectivity index (χ4v) is 6.61. The van der Waals surface area contributed by atoms with Gasteiger partial charge in [0.25, 0.3) is 0 Å². The van der Waals surface area contributed by atoms with Crippen LogP contribution < -0.4 is 10.2 Å². The number of hydrogen-bond donors (Lipinski definition) is 1. The molecule has 1 aromatic rings. The van der Waals surface area contributed by atoms with Crippen LogP contribution in [-0.2, 0) is 4.79 Å². The predicted molar refractivity (Wildman–Crippen MR) is 145 cm³/mol. The van der Waals surface area contributed by atoms with Crippen molar-refractivity contribution >= 4 is 5.91 Å². The summed E-state index contributed by atoms with van der Waals surface area (Å²) >= 11 is 0. The molecule has 1 aliphatic carbocycles. The SMILES string of the molecule is C=CCN1CCC2CCCC(C1)N2C(C1=CCC(C(=O)NN2CCCC2)C=C1)c1cccc(OC)c1. The van der Waals surface area contributed by atoms with E-state index in [0.717, 1.165) is 57.7 Å². The maximum absolute atomic E-state index is 12.9. The molecule has 6 heteroatoms. The number of hydrazine groups is 1. The zero-order valence-electron chi connectivity index (χ0n) is 21.8. The van der Waals surface area contributed by atoms with Gasteiger partial charge in [-0.3, -0.25) is 20.0 Å². The molecule has 0 radical (unpaired) electrons. The van der Waals surface area contributed by atoms with E-state index < -0.39 is 0 Å². The van der Waals surface area contributed by atoms with Gasteiger partial charge in [0.1, 0.15) is 5.75 Å². The van der Waals surface area contributed by atoms with E-state index in [-0.39, 0.29) is 17.9 Å². The van der Waals surface area contributed by atoms with Gasteiger partial charge in [-0.2, -0.15) is 0 Å². The van der Waals surface area contributed by atoms with Crippen molar-refractivity contribution in [2.24, 2.45) is 5.92 Å². The molecule has 4 aliphatic rings. The summed E-state index contributed by atoms with van der Waals surface area (Å²) in [5.74, 6) is 0.911. The van der Waals surface area contributed by atoms with Gasteiger partial charge < -0.3 is 4.74 Å². The van der Waals surface area contributed by atoms with Crippen LogP contribution in [0.3, 0.4) is 0 Å². The van der Waals surface area contributed by atoms with Gasteiger partial charge in [-0.1, -0.05) is 42.9 Å². The molecule has 3 aliphatic heterocycles. The van der Waals surface area contributed by atoms with Gasteiger partial charge in [0.05, 0.1) is 19.1 Å². The van der Waals surface area contributed by atoms with Gasteiger partial charge >= 0.3 is 0 Å². The second kappa shape index (κ2) is 11.8. The lowest BCUT2D eigenvalue weighted by atomic mass is 9.84. The number of nitrogens with zero attached hydrogens (tertiary/aromatic N) is 3. The van der Waals surface area contributed by atoms with Gasteiger partial charge in [-0.05, 0) is 61.8 Å². The summed E-state index contributed by atoms with van der Waals surface area (Å²) in [5.41, 5.74) is 5.72. The van der Waals surface area contributed by atoms with E-state index in [1.165, 1.54) is 36.8 Å². The first-order valence-corrected chi connectivity index (χ1v) is 13.8. The van der Waals surface area contributed by atoms with Crippen molar-refractivity contribution < 1.29 is 9.53 Å². The van der Waals surface area contributed by atoms with E-state index in [0.29, 0.717) is 12.1 Å². The number of fused-ring (bicyclic) bond motifs is 2. The minimum absolute atomic E-state index is 0.105. The zero-order chi connectivity index (χ0) is 24.9. The van der Waals surface area contributed by atoms with Crippen molar-refractivity contribution in [1.82, 2.24) is 20.2 Å². The van der Waals surface area contributed by atoms with E-state index >= 15 is 0 Å². The van der Waals surface area contributed by atoms with Crippen LogP contribution in [0.5, 0.6) is 5.75 Å². The molecular formula is C30H42N4O2. The third-order valence-corrected chi connectivity index (χ3v) is 8.42. The highest BCUT2D eigenvalue weighted by molar-refractivity contribution is 5.80. The smallest absolute Gasteiger partial charge is 0.241 e. The van der Waals surface area contributed by atoms with Crippen LogP contribution in [0.4, 0.5) is 0 Å². The predicted octanol–water partition coefficient (Wildman–Crippen LogP) is 4.48. The van der Waals surface area contributed by atoms with Crippen molar-refractivity contribution in [3.05, 3.63) is 66.3 Å². The highest BCUT2D eigenvalue weighted by Crippen LogP contribution is 2.42. The van der Waals surface area contributed by atoms with Gasteiger partial charge in [0.2, 0.25) is 5.91 Å². The molecule has 6 nitrogen and oxygen atoms in total. The van der Waals surface area contributed by atoms with Gasteiger partial charge in [0.15, 0.2) is 0 Å². The molecule has 194 valence electrons. The molecular weight excluding hydrogens is 448 g/mol. The number of rotatable bonds is 8.